The van der Waals surface area contributed by atoms with E-state index in [1.807, 2.05) is 28.5 Å². The minimum Gasteiger partial charge on any atom is -0.463 e. The first kappa shape index (κ1) is 24.5. The fourth-order valence-electron chi connectivity index (χ4n) is 5.92. The van der Waals surface area contributed by atoms with Crippen LogP contribution >= 0.6 is 0 Å². The molecule has 1 aliphatic heterocycles. The number of aromatic nitrogens is 1. The Hall–Kier alpha value is -3.22. The number of carbonyl (C=O) groups is 2. The van der Waals surface area contributed by atoms with E-state index in [-0.39, 0.29) is 17.9 Å². The molecule has 2 aliphatic rings. The zero-order chi connectivity index (χ0) is 25.3. The Balaban J connectivity index is 1.38. The van der Waals surface area contributed by atoms with E-state index in [9.17, 15) is 9.59 Å². The highest BCUT2D eigenvalue weighted by Crippen LogP contribution is 2.33. The van der Waals surface area contributed by atoms with Crippen molar-refractivity contribution >= 4 is 28.6 Å². The molecule has 1 N–H and O–H groups in total. The Labute approximate surface area is 213 Å². The number of fused-ring (bicyclic) bond motifs is 3. The molecule has 0 spiro atoms. The predicted octanol–water partition coefficient (Wildman–Crippen LogP) is 5.12. The zero-order valence-corrected chi connectivity index (χ0v) is 21.8. The number of nitrogens with zero attached hydrogens (tertiary/aromatic N) is 3. The molecule has 1 atom stereocenters. The van der Waals surface area contributed by atoms with Crippen molar-refractivity contribution in [3.8, 4) is 0 Å². The number of furan rings is 1. The maximum absolute atomic E-state index is 13.8. The molecule has 3 aromatic rings. The van der Waals surface area contributed by atoms with Gasteiger partial charge in [0, 0.05) is 43.5 Å². The van der Waals surface area contributed by atoms with Crippen molar-refractivity contribution in [2.24, 2.45) is 0 Å². The van der Waals surface area contributed by atoms with Crippen molar-refractivity contribution in [1.82, 2.24) is 14.8 Å². The van der Waals surface area contributed by atoms with Crippen LogP contribution in [0.5, 0.6) is 0 Å². The van der Waals surface area contributed by atoms with E-state index < -0.39 is 5.54 Å². The molecule has 7 nitrogen and oxygen atoms in total. The van der Waals surface area contributed by atoms with Crippen LogP contribution in [0.15, 0.2) is 47.1 Å². The lowest BCUT2D eigenvalue weighted by atomic mass is 9.91. The summed E-state index contributed by atoms with van der Waals surface area (Å²) in [5.74, 6) is -0.155. The molecule has 0 radical (unpaired) electrons. The Morgan fingerprint density at radius 3 is 2.75 bits per heavy atom. The van der Waals surface area contributed by atoms with Gasteiger partial charge in [-0.25, -0.2) is 0 Å². The quantitative estimate of drug-likeness (QED) is 0.476. The maximum Gasteiger partial charge on any atom is 0.271 e. The molecular weight excluding hydrogens is 452 g/mol. The molecule has 192 valence electrons. The molecule has 1 fully saturated rings. The predicted molar refractivity (Wildman–Crippen MR) is 142 cm³/mol. The first-order valence-electron chi connectivity index (χ1n) is 13.4. The fourth-order valence-corrected chi connectivity index (χ4v) is 5.92. The minimum atomic E-state index is -0.967. The number of benzene rings is 1. The van der Waals surface area contributed by atoms with Crippen LogP contribution in [0.1, 0.15) is 68.4 Å². The summed E-state index contributed by atoms with van der Waals surface area (Å²) in [6, 6.07) is 12.4. The van der Waals surface area contributed by atoms with Crippen LogP contribution in [0.4, 0.5) is 5.69 Å². The third-order valence-corrected chi connectivity index (χ3v) is 8.04. The van der Waals surface area contributed by atoms with Crippen LogP contribution in [0.2, 0.25) is 0 Å². The first-order valence-corrected chi connectivity index (χ1v) is 13.4. The molecule has 1 aliphatic carbocycles. The van der Waals surface area contributed by atoms with Crippen LogP contribution in [-0.2, 0) is 11.3 Å². The number of nitrogens with one attached hydrogen (secondary N) is 1. The van der Waals surface area contributed by atoms with Crippen LogP contribution in [0.3, 0.4) is 0 Å². The van der Waals surface area contributed by atoms with Crippen molar-refractivity contribution in [1.29, 1.82) is 0 Å². The maximum atomic E-state index is 13.8. The minimum absolute atomic E-state index is 0.0511. The average Bonchev–Trinajstić information content (AvgIpc) is 3.47. The van der Waals surface area contributed by atoms with Crippen LogP contribution < -0.4 is 10.2 Å². The molecule has 7 heteroatoms. The van der Waals surface area contributed by atoms with Gasteiger partial charge in [-0.05, 0) is 57.7 Å². The Morgan fingerprint density at radius 1 is 1.19 bits per heavy atom. The smallest absolute Gasteiger partial charge is 0.271 e. The summed E-state index contributed by atoms with van der Waals surface area (Å²) in [7, 11) is 0. The summed E-state index contributed by atoms with van der Waals surface area (Å²) in [6.07, 6.45) is 7.96. The number of hydrogen-bond acceptors (Lipinski definition) is 4. The Bertz CT molecular complexity index is 1240. The number of rotatable bonds is 8. The van der Waals surface area contributed by atoms with Gasteiger partial charge < -0.3 is 24.1 Å². The summed E-state index contributed by atoms with van der Waals surface area (Å²) in [6.45, 7) is 8.82. The molecule has 36 heavy (non-hydrogen) atoms. The van der Waals surface area contributed by atoms with Gasteiger partial charge in [0.15, 0.2) is 5.58 Å². The second kappa shape index (κ2) is 10.0. The highest BCUT2D eigenvalue weighted by Gasteiger charge is 2.48. The number of hydrogen-bond donors (Lipinski definition) is 1. The van der Waals surface area contributed by atoms with Gasteiger partial charge in [-0.1, -0.05) is 31.4 Å². The average molecular weight is 491 g/mol. The van der Waals surface area contributed by atoms with E-state index in [4.69, 9.17) is 4.42 Å². The molecule has 2 aromatic heterocycles. The van der Waals surface area contributed by atoms with E-state index in [1.54, 1.807) is 6.26 Å². The molecular formula is C29H38N4O3. The Morgan fingerprint density at radius 2 is 2.00 bits per heavy atom. The number of amides is 2. The van der Waals surface area contributed by atoms with Gasteiger partial charge in [0.25, 0.3) is 5.91 Å². The lowest BCUT2D eigenvalue weighted by Gasteiger charge is -2.45. The molecule has 1 aromatic carbocycles. The van der Waals surface area contributed by atoms with E-state index in [1.165, 1.54) is 17.7 Å². The van der Waals surface area contributed by atoms with Gasteiger partial charge in [-0.3, -0.25) is 9.59 Å². The number of anilines is 1. The van der Waals surface area contributed by atoms with Crippen LogP contribution in [0.25, 0.3) is 11.1 Å². The topological polar surface area (TPSA) is 70.7 Å². The van der Waals surface area contributed by atoms with Crippen molar-refractivity contribution in [3.05, 3.63) is 53.9 Å². The monoisotopic (exact) mass is 490 g/mol. The molecule has 3 heterocycles. The summed E-state index contributed by atoms with van der Waals surface area (Å²) >= 11 is 0. The summed E-state index contributed by atoms with van der Waals surface area (Å²) in [5.41, 5.74) is 3.60. The van der Waals surface area contributed by atoms with Gasteiger partial charge in [0.1, 0.15) is 11.2 Å². The molecule has 5 rings (SSSR count). The number of carbonyl (C=O) groups excluding carboxylic acids is 2. The zero-order valence-electron chi connectivity index (χ0n) is 21.8. The third-order valence-electron chi connectivity index (χ3n) is 8.04. The first-order chi connectivity index (χ1) is 17.4. The SMILES string of the molecule is CCN(CCCN1C(=O)c2cc3occc3n2C[C@]1(C)C(=O)NC1CCCCC1)c1cccc(C)c1. The highest BCUT2D eigenvalue weighted by atomic mass is 16.3. The summed E-state index contributed by atoms with van der Waals surface area (Å²) in [4.78, 5) is 31.8. The Kier molecular flexibility index (Phi) is 6.82. The van der Waals surface area contributed by atoms with Crippen LogP contribution in [-0.4, -0.2) is 52.5 Å². The van der Waals surface area contributed by atoms with E-state index in [0.29, 0.717) is 24.4 Å². The van der Waals surface area contributed by atoms with Crippen molar-refractivity contribution in [3.63, 3.8) is 0 Å². The largest absolute Gasteiger partial charge is 0.463 e. The number of aryl methyl sites for hydroxylation is 1. The second-order valence-electron chi connectivity index (χ2n) is 10.6. The second-order valence-corrected chi connectivity index (χ2v) is 10.6. The standard InChI is InChI=1S/C29H38N4O3/c1-4-31(23-13-8-10-21(2)18-23)15-9-16-33-27(34)25-19-26-24(14-17-36-26)32(25)20-29(33,3)28(35)30-22-11-6-5-7-12-22/h8,10,13-14,17-19,22H,4-7,9,11-12,15-16,20H2,1-3H3,(H,30,35)/t29-/m1/s1. The van der Waals surface area contributed by atoms with Gasteiger partial charge >= 0.3 is 0 Å². The third kappa shape index (κ3) is 4.51. The molecule has 0 unspecified atom stereocenters. The van der Waals surface area contributed by atoms with Crippen molar-refractivity contribution < 1.29 is 14.0 Å². The van der Waals surface area contributed by atoms with Gasteiger partial charge in [-0.15, -0.1) is 0 Å². The van der Waals surface area contributed by atoms with Crippen molar-refractivity contribution in [2.45, 2.75) is 77.4 Å². The summed E-state index contributed by atoms with van der Waals surface area (Å²) < 4.78 is 7.55. The lowest BCUT2D eigenvalue weighted by molar-refractivity contribution is -0.133. The normalized spacial score (nSPS) is 20.5. The summed E-state index contributed by atoms with van der Waals surface area (Å²) in [5, 5.41) is 3.31. The van der Waals surface area contributed by atoms with Gasteiger partial charge in [0.2, 0.25) is 5.91 Å². The molecule has 1 saturated carbocycles. The van der Waals surface area contributed by atoms with Gasteiger partial charge in [0.05, 0.1) is 18.3 Å². The molecule has 0 bridgehead atoms. The fraction of sp³-hybridized carbons (Fsp3) is 0.517. The highest BCUT2D eigenvalue weighted by molar-refractivity contribution is 6.02. The van der Waals surface area contributed by atoms with E-state index in [2.05, 4.69) is 48.3 Å². The lowest BCUT2D eigenvalue weighted by Crippen LogP contribution is -2.65. The van der Waals surface area contributed by atoms with E-state index >= 15 is 0 Å². The van der Waals surface area contributed by atoms with Crippen molar-refractivity contribution in [2.75, 3.05) is 24.5 Å². The van der Waals surface area contributed by atoms with Crippen LogP contribution in [0, 0.1) is 6.92 Å². The molecule has 0 saturated heterocycles. The van der Waals surface area contributed by atoms with E-state index in [0.717, 1.165) is 50.7 Å². The van der Waals surface area contributed by atoms with Gasteiger partial charge in [-0.2, -0.15) is 0 Å². The molecule has 2 amide bonds.